The van der Waals surface area contributed by atoms with Gasteiger partial charge in [-0.15, -0.1) is 24.0 Å². The molecule has 0 bridgehead atoms. The van der Waals surface area contributed by atoms with Crippen molar-refractivity contribution in [3.05, 3.63) is 41.4 Å². The van der Waals surface area contributed by atoms with Crippen molar-refractivity contribution >= 4 is 35.0 Å². The van der Waals surface area contributed by atoms with E-state index in [1.807, 2.05) is 40.7 Å². The molecule has 2 heterocycles. The van der Waals surface area contributed by atoms with Crippen LogP contribution in [-0.4, -0.2) is 42.0 Å². The Bertz CT molecular complexity index is 575. The molecule has 0 spiro atoms. The van der Waals surface area contributed by atoms with Crippen LogP contribution in [0.4, 0.5) is 5.13 Å². The van der Waals surface area contributed by atoms with E-state index in [9.17, 15) is 4.79 Å². The number of nitrogens with zero attached hydrogens (tertiary/aromatic N) is 3. The monoisotopic (exact) mass is 305 g/mol. The zero-order valence-corrected chi connectivity index (χ0v) is 12.6. The maximum atomic E-state index is 12.4. The van der Waals surface area contributed by atoms with E-state index in [1.54, 1.807) is 11.3 Å². The predicted octanol–water partition coefficient (Wildman–Crippen LogP) is 2.39. The van der Waals surface area contributed by atoms with E-state index in [2.05, 4.69) is 22.5 Å². The second-order valence-corrected chi connectivity index (χ2v) is 6.03. The number of thiol groups is 1. The molecule has 1 aliphatic rings. The molecule has 6 heteroatoms. The molecule has 1 amide bonds. The molecule has 0 unspecified atom stereocenters. The molecule has 1 aromatic carbocycles. The molecule has 0 radical (unpaired) electrons. The Kier molecular flexibility index (Phi) is 3.93. The third kappa shape index (κ3) is 2.81. The highest BCUT2D eigenvalue weighted by atomic mass is 32.1. The van der Waals surface area contributed by atoms with Gasteiger partial charge in [0.1, 0.15) is 0 Å². The first-order valence-electron chi connectivity index (χ1n) is 6.47. The molecule has 1 fully saturated rings. The van der Waals surface area contributed by atoms with Gasteiger partial charge in [0, 0.05) is 48.2 Å². The molecular weight excluding hydrogens is 290 g/mol. The van der Waals surface area contributed by atoms with Gasteiger partial charge in [-0.05, 0) is 24.3 Å². The number of thiazole rings is 1. The molecular formula is C14H15N3OS2. The van der Waals surface area contributed by atoms with Crippen molar-refractivity contribution < 1.29 is 4.79 Å². The highest BCUT2D eigenvalue weighted by molar-refractivity contribution is 7.80. The van der Waals surface area contributed by atoms with Crippen LogP contribution < -0.4 is 4.90 Å². The average molecular weight is 305 g/mol. The van der Waals surface area contributed by atoms with E-state index >= 15 is 0 Å². The zero-order chi connectivity index (χ0) is 13.9. The van der Waals surface area contributed by atoms with Crippen LogP contribution in [0.3, 0.4) is 0 Å². The highest BCUT2D eigenvalue weighted by Gasteiger charge is 2.23. The molecule has 1 aromatic heterocycles. The minimum atomic E-state index is 0.0946. The lowest BCUT2D eigenvalue weighted by Crippen LogP contribution is -2.48. The average Bonchev–Trinajstić information content (AvgIpc) is 3.02. The molecule has 1 aliphatic heterocycles. The Morgan fingerprint density at radius 3 is 2.45 bits per heavy atom. The van der Waals surface area contributed by atoms with Crippen LogP contribution in [0.1, 0.15) is 10.4 Å². The molecule has 0 atom stereocenters. The lowest BCUT2D eigenvalue weighted by Gasteiger charge is -2.34. The number of hydrogen-bond acceptors (Lipinski definition) is 5. The second kappa shape index (κ2) is 5.85. The number of hydrogen-bond donors (Lipinski definition) is 1. The normalized spacial score (nSPS) is 15.4. The quantitative estimate of drug-likeness (QED) is 0.866. The molecule has 2 aromatic rings. The lowest BCUT2D eigenvalue weighted by atomic mass is 10.2. The van der Waals surface area contributed by atoms with E-state index < -0.39 is 0 Å². The van der Waals surface area contributed by atoms with Gasteiger partial charge in [-0.1, -0.05) is 0 Å². The van der Waals surface area contributed by atoms with Gasteiger partial charge in [-0.2, -0.15) is 0 Å². The Balaban J connectivity index is 1.63. The predicted molar refractivity (Wildman–Crippen MR) is 83.9 cm³/mol. The number of aromatic nitrogens is 1. The van der Waals surface area contributed by atoms with Crippen LogP contribution in [0.2, 0.25) is 0 Å². The standard InChI is InChI=1S/C14H15N3OS2/c18-13(11-1-3-12(19)4-2-11)16-6-8-17(9-7-16)14-15-5-10-20-14/h1-5,10,19H,6-9H2. The van der Waals surface area contributed by atoms with Crippen LogP contribution in [0.15, 0.2) is 40.7 Å². The smallest absolute Gasteiger partial charge is 0.253 e. The summed E-state index contributed by atoms with van der Waals surface area (Å²) in [6.45, 7) is 3.15. The van der Waals surface area contributed by atoms with Crippen molar-refractivity contribution in [1.82, 2.24) is 9.88 Å². The zero-order valence-electron chi connectivity index (χ0n) is 10.9. The molecule has 0 aliphatic carbocycles. The first-order valence-corrected chi connectivity index (χ1v) is 7.79. The Morgan fingerprint density at radius 1 is 1.15 bits per heavy atom. The highest BCUT2D eigenvalue weighted by Crippen LogP contribution is 2.19. The maximum Gasteiger partial charge on any atom is 0.253 e. The number of benzene rings is 1. The number of carbonyl (C=O) groups is 1. The van der Waals surface area contributed by atoms with E-state index in [4.69, 9.17) is 0 Å². The second-order valence-electron chi connectivity index (χ2n) is 4.64. The van der Waals surface area contributed by atoms with Crippen molar-refractivity contribution in [2.45, 2.75) is 4.90 Å². The molecule has 104 valence electrons. The van der Waals surface area contributed by atoms with Crippen LogP contribution in [0.25, 0.3) is 0 Å². The summed E-state index contributed by atoms with van der Waals surface area (Å²) >= 11 is 5.88. The third-order valence-corrected chi connectivity index (χ3v) is 4.50. The minimum Gasteiger partial charge on any atom is -0.345 e. The molecule has 20 heavy (non-hydrogen) atoms. The van der Waals surface area contributed by atoms with Crippen molar-refractivity contribution in [1.29, 1.82) is 0 Å². The fraction of sp³-hybridized carbons (Fsp3) is 0.286. The number of anilines is 1. The molecule has 4 nitrogen and oxygen atoms in total. The topological polar surface area (TPSA) is 36.4 Å². The minimum absolute atomic E-state index is 0.0946. The summed E-state index contributed by atoms with van der Waals surface area (Å²) in [6, 6.07) is 7.36. The van der Waals surface area contributed by atoms with Gasteiger partial charge >= 0.3 is 0 Å². The van der Waals surface area contributed by atoms with Gasteiger partial charge in [0.15, 0.2) is 5.13 Å². The molecule has 1 saturated heterocycles. The lowest BCUT2D eigenvalue weighted by molar-refractivity contribution is 0.0746. The van der Waals surface area contributed by atoms with Gasteiger partial charge in [0.25, 0.3) is 5.91 Å². The fourth-order valence-corrected chi connectivity index (χ4v) is 3.11. The third-order valence-electron chi connectivity index (χ3n) is 3.37. The van der Waals surface area contributed by atoms with E-state index in [1.165, 1.54) is 0 Å². The van der Waals surface area contributed by atoms with Crippen LogP contribution in [0.5, 0.6) is 0 Å². The summed E-state index contributed by atoms with van der Waals surface area (Å²) in [7, 11) is 0. The summed E-state index contributed by atoms with van der Waals surface area (Å²) in [5, 5.41) is 3.02. The van der Waals surface area contributed by atoms with Gasteiger partial charge < -0.3 is 9.80 Å². The van der Waals surface area contributed by atoms with E-state index in [0.29, 0.717) is 0 Å². The van der Waals surface area contributed by atoms with Crippen LogP contribution in [-0.2, 0) is 0 Å². The SMILES string of the molecule is O=C(c1ccc(S)cc1)N1CCN(c2nccs2)CC1. The Labute approximate surface area is 127 Å². The maximum absolute atomic E-state index is 12.4. The van der Waals surface area contributed by atoms with E-state index in [-0.39, 0.29) is 5.91 Å². The van der Waals surface area contributed by atoms with Crippen molar-refractivity contribution in [3.8, 4) is 0 Å². The molecule has 3 rings (SSSR count). The number of piperazine rings is 1. The first kappa shape index (κ1) is 13.5. The molecule has 0 saturated carbocycles. The van der Waals surface area contributed by atoms with Gasteiger partial charge in [-0.25, -0.2) is 4.98 Å². The van der Waals surface area contributed by atoms with Crippen molar-refractivity contribution in [2.75, 3.05) is 31.1 Å². The molecule has 0 N–H and O–H groups in total. The fourth-order valence-electron chi connectivity index (χ4n) is 2.26. The van der Waals surface area contributed by atoms with Gasteiger partial charge in [0.2, 0.25) is 0 Å². The number of amides is 1. The number of carbonyl (C=O) groups excluding carboxylic acids is 1. The first-order chi connectivity index (χ1) is 9.74. The summed E-state index contributed by atoms with van der Waals surface area (Å²) in [6.07, 6.45) is 1.82. The largest absolute Gasteiger partial charge is 0.345 e. The van der Waals surface area contributed by atoms with E-state index in [0.717, 1.165) is 41.8 Å². The summed E-state index contributed by atoms with van der Waals surface area (Å²) in [4.78, 5) is 21.7. The Morgan fingerprint density at radius 2 is 1.85 bits per heavy atom. The van der Waals surface area contributed by atoms with Crippen LogP contribution >= 0.6 is 24.0 Å². The Hall–Kier alpha value is -1.53. The van der Waals surface area contributed by atoms with Crippen molar-refractivity contribution in [2.24, 2.45) is 0 Å². The van der Waals surface area contributed by atoms with Crippen LogP contribution in [0, 0.1) is 0 Å². The summed E-state index contributed by atoms with van der Waals surface area (Å²) in [5.41, 5.74) is 0.727. The van der Waals surface area contributed by atoms with Crippen molar-refractivity contribution in [3.63, 3.8) is 0 Å². The summed E-state index contributed by atoms with van der Waals surface area (Å²) in [5.74, 6) is 0.0946. The summed E-state index contributed by atoms with van der Waals surface area (Å²) < 4.78 is 0. The van der Waals surface area contributed by atoms with Gasteiger partial charge in [-0.3, -0.25) is 4.79 Å². The van der Waals surface area contributed by atoms with Gasteiger partial charge in [0.05, 0.1) is 0 Å². The number of rotatable bonds is 2.